The van der Waals surface area contributed by atoms with Crippen molar-refractivity contribution in [3.05, 3.63) is 78.4 Å². The Morgan fingerprint density at radius 3 is 2.38 bits per heavy atom. The van der Waals surface area contributed by atoms with Crippen molar-refractivity contribution in [3.8, 4) is 17.0 Å². The van der Waals surface area contributed by atoms with Gasteiger partial charge in [0.2, 0.25) is 0 Å². The third kappa shape index (κ3) is 4.09. The van der Waals surface area contributed by atoms with Crippen LogP contribution >= 0.6 is 0 Å². The number of amides is 2. The van der Waals surface area contributed by atoms with Crippen LogP contribution in [0.1, 0.15) is 12.5 Å². The van der Waals surface area contributed by atoms with Crippen LogP contribution in [0.2, 0.25) is 0 Å². The minimum absolute atomic E-state index is 0.299. The number of aromatic nitrogens is 1. The molecule has 0 spiro atoms. The van der Waals surface area contributed by atoms with Crippen molar-refractivity contribution in [1.29, 1.82) is 0 Å². The number of nitrogens with one attached hydrogen (secondary N) is 3. The molecule has 146 valence electrons. The Kier molecular flexibility index (Phi) is 5.20. The van der Waals surface area contributed by atoms with Crippen molar-refractivity contribution in [2.24, 2.45) is 0 Å². The van der Waals surface area contributed by atoms with Gasteiger partial charge in [-0.15, -0.1) is 0 Å². The maximum Gasteiger partial charge on any atom is 0.323 e. The Morgan fingerprint density at radius 2 is 1.66 bits per heavy atom. The fourth-order valence-electron chi connectivity index (χ4n) is 3.29. The molecule has 4 aromatic rings. The summed E-state index contributed by atoms with van der Waals surface area (Å²) in [5, 5.41) is 6.87. The highest BCUT2D eigenvalue weighted by Gasteiger charge is 2.15. The van der Waals surface area contributed by atoms with Gasteiger partial charge in [0.15, 0.2) is 0 Å². The molecule has 5 heteroatoms. The first-order valence-corrected chi connectivity index (χ1v) is 9.62. The number of rotatable bonds is 5. The second-order valence-electron chi connectivity index (χ2n) is 6.82. The van der Waals surface area contributed by atoms with E-state index in [1.807, 2.05) is 55.5 Å². The summed E-state index contributed by atoms with van der Waals surface area (Å²) in [6, 6.07) is 23.2. The molecular weight excluding hydrogens is 362 g/mol. The van der Waals surface area contributed by atoms with Gasteiger partial charge in [-0.2, -0.15) is 0 Å². The molecule has 2 amide bonds. The minimum atomic E-state index is -0.299. The second kappa shape index (κ2) is 8.10. The zero-order chi connectivity index (χ0) is 20.2. The predicted octanol–water partition coefficient (Wildman–Crippen LogP) is 6.19. The lowest BCUT2D eigenvalue weighted by Crippen LogP contribution is -2.19. The van der Waals surface area contributed by atoms with E-state index in [1.165, 1.54) is 5.56 Å². The molecule has 0 fully saturated rings. The highest BCUT2D eigenvalue weighted by Crippen LogP contribution is 2.35. The number of aromatic amines is 1. The van der Waals surface area contributed by atoms with Crippen molar-refractivity contribution >= 4 is 28.3 Å². The first kappa shape index (κ1) is 18.6. The molecule has 0 bridgehead atoms. The van der Waals surface area contributed by atoms with Crippen LogP contribution in [0.4, 0.5) is 16.2 Å². The Bertz CT molecular complexity index is 1130. The number of benzene rings is 3. The van der Waals surface area contributed by atoms with Crippen LogP contribution in [0.25, 0.3) is 22.2 Å². The number of H-pyrrole nitrogens is 1. The van der Waals surface area contributed by atoms with Gasteiger partial charge < -0.3 is 20.4 Å². The van der Waals surface area contributed by atoms with Crippen LogP contribution in [-0.4, -0.2) is 17.6 Å². The summed E-state index contributed by atoms with van der Waals surface area (Å²) in [7, 11) is 0. The number of urea groups is 1. The molecule has 1 aromatic heterocycles. The van der Waals surface area contributed by atoms with Gasteiger partial charge in [0.05, 0.1) is 18.0 Å². The Balaban J connectivity index is 1.61. The number of fused-ring (bicyclic) bond motifs is 1. The van der Waals surface area contributed by atoms with Crippen LogP contribution in [-0.2, 0) is 0 Å². The van der Waals surface area contributed by atoms with Gasteiger partial charge in [0, 0.05) is 22.2 Å². The van der Waals surface area contributed by atoms with E-state index in [2.05, 4.69) is 46.8 Å². The molecule has 3 N–H and O–H groups in total. The van der Waals surface area contributed by atoms with Gasteiger partial charge in [-0.1, -0.05) is 48.0 Å². The number of aryl methyl sites for hydroxylation is 1. The first-order chi connectivity index (χ1) is 14.1. The molecule has 3 aromatic carbocycles. The van der Waals surface area contributed by atoms with Crippen molar-refractivity contribution < 1.29 is 9.53 Å². The van der Waals surface area contributed by atoms with Gasteiger partial charge in [-0.25, -0.2) is 4.79 Å². The van der Waals surface area contributed by atoms with E-state index in [0.29, 0.717) is 12.3 Å². The number of hydrogen-bond donors (Lipinski definition) is 3. The van der Waals surface area contributed by atoms with E-state index in [4.69, 9.17) is 4.74 Å². The quantitative estimate of drug-likeness (QED) is 0.384. The fraction of sp³-hybridized carbons (Fsp3) is 0.125. The monoisotopic (exact) mass is 385 g/mol. The molecule has 0 aliphatic heterocycles. The summed E-state index contributed by atoms with van der Waals surface area (Å²) in [5.41, 5.74) is 5.51. The lowest BCUT2D eigenvalue weighted by atomic mass is 10.1. The van der Waals surface area contributed by atoms with E-state index >= 15 is 0 Å². The van der Waals surface area contributed by atoms with E-state index < -0.39 is 0 Å². The zero-order valence-corrected chi connectivity index (χ0v) is 16.5. The second-order valence-corrected chi connectivity index (χ2v) is 6.82. The molecule has 5 nitrogen and oxygen atoms in total. The third-order valence-electron chi connectivity index (χ3n) is 4.71. The molecule has 0 unspecified atom stereocenters. The van der Waals surface area contributed by atoms with Crippen molar-refractivity contribution in [2.45, 2.75) is 13.8 Å². The van der Waals surface area contributed by atoms with Gasteiger partial charge >= 0.3 is 6.03 Å². The smallest absolute Gasteiger partial charge is 0.323 e. The highest BCUT2D eigenvalue weighted by molar-refractivity contribution is 6.10. The Hall–Kier alpha value is -3.73. The SMILES string of the molecule is CCOc1ccc(NC(=O)Nc2c(-c3ccc(C)cc3)[nH]c3ccccc23)cc1. The molecule has 0 saturated heterocycles. The predicted molar refractivity (Wildman–Crippen MR) is 119 cm³/mol. The number of para-hydroxylation sites is 1. The average molecular weight is 385 g/mol. The van der Waals surface area contributed by atoms with E-state index in [-0.39, 0.29) is 6.03 Å². The summed E-state index contributed by atoms with van der Waals surface area (Å²) in [6.07, 6.45) is 0. The van der Waals surface area contributed by atoms with Gasteiger partial charge in [-0.05, 0) is 44.2 Å². The summed E-state index contributed by atoms with van der Waals surface area (Å²) in [5.74, 6) is 0.775. The first-order valence-electron chi connectivity index (χ1n) is 9.62. The van der Waals surface area contributed by atoms with Crippen molar-refractivity contribution in [3.63, 3.8) is 0 Å². The Morgan fingerprint density at radius 1 is 0.931 bits per heavy atom. The van der Waals surface area contributed by atoms with E-state index in [1.54, 1.807) is 0 Å². The third-order valence-corrected chi connectivity index (χ3v) is 4.71. The normalized spacial score (nSPS) is 10.7. The van der Waals surface area contributed by atoms with Crippen molar-refractivity contribution in [2.75, 3.05) is 17.2 Å². The van der Waals surface area contributed by atoms with Gasteiger partial charge in [-0.3, -0.25) is 0 Å². The molecule has 0 aliphatic rings. The van der Waals surface area contributed by atoms with Crippen molar-refractivity contribution in [1.82, 2.24) is 4.98 Å². The van der Waals surface area contributed by atoms with Gasteiger partial charge in [0.25, 0.3) is 0 Å². The highest BCUT2D eigenvalue weighted by atomic mass is 16.5. The molecule has 0 radical (unpaired) electrons. The zero-order valence-electron chi connectivity index (χ0n) is 16.5. The summed E-state index contributed by atoms with van der Waals surface area (Å²) in [4.78, 5) is 16.1. The van der Waals surface area contributed by atoms with Crippen LogP contribution in [0.5, 0.6) is 5.75 Å². The van der Waals surface area contributed by atoms with Gasteiger partial charge in [0.1, 0.15) is 5.75 Å². The molecular formula is C24H23N3O2. The standard InChI is InChI=1S/C24H23N3O2/c1-3-29-19-14-12-18(13-15-19)25-24(28)27-23-20-6-4-5-7-21(20)26-22(23)17-10-8-16(2)9-11-17/h4-15,26H,3H2,1-2H3,(H2,25,27,28). The topological polar surface area (TPSA) is 66.2 Å². The number of carbonyl (C=O) groups is 1. The molecule has 4 rings (SSSR count). The van der Waals surface area contributed by atoms with Crippen LogP contribution in [0, 0.1) is 6.92 Å². The molecule has 0 atom stereocenters. The summed E-state index contributed by atoms with van der Waals surface area (Å²) < 4.78 is 5.44. The van der Waals surface area contributed by atoms with Crippen LogP contribution in [0.3, 0.4) is 0 Å². The number of carbonyl (C=O) groups excluding carboxylic acids is 1. The van der Waals surface area contributed by atoms with E-state index in [0.717, 1.165) is 33.6 Å². The minimum Gasteiger partial charge on any atom is -0.494 e. The molecule has 0 saturated carbocycles. The molecule has 0 aliphatic carbocycles. The number of ether oxygens (including phenoxy) is 1. The maximum absolute atomic E-state index is 12.7. The Labute approximate surface area is 169 Å². The number of anilines is 2. The summed E-state index contributed by atoms with van der Waals surface area (Å²) >= 11 is 0. The molecule has 1 heterocycles. The maximum atomic E-state index is 12.7. The van der Waals surface area contributed by atoms with Crippen LogP contribution in [0.15, 0.2) is 72.8 Å². The molecule has 29 heavy (non-hydrogen) atoms. The lowest BCUT2D eigenvalue weighted by Gasteiger charge is -2.10. The largest absolute Gasteiger partial charge is 0.494 e. The van der Waals surface area contributed by atoms with Crippen LogP contribution < -0.4 is 15.4 Å². The number of hydrogen-bond acceptors (Lipinski definition) is 2. The van der Waals surface area contributed by atoms with E-state index in [9.17, 15) is 4.79 Å². The average Bonchev–Trinajstić information content (AvgIpc) is 3.09. The summed E-state index contributed by atoms with van der Waals surface area (Å²) in [6.45, 7) is 4.60. The fourth-order valence-corrected chi connectivity index (χ4v) is 3.29. The lowest BCUT2D eigenvalue weighted by molar-refractivity contribution is 0.262.